The normalized spacial score (nSPS) is 10.2. The molecular formula is C24H21NO5. The minimum Gasteiger partial charge on any atom is -0.462 e. The summed E-state index contributed by atoms with van der Waals surface area (Å²) in [7, 11) is 0. The van der Waals surface area contributed by atoms with E-state index < -0.39 is 11.9 Å². The fourth-order valence-electron chi connectivity index (χ4n) is 2.73. The number of rotatable bonds is 7. The molecule has 0 fully saturated rings. The first-order chi connectivity index (χ1) is 14.6. The maximum absolute atomic E-state index is 12.6. The molecule has 6 heteroatoms. The number of hydrogen-bond donors (Lipinski definition) is 1. The molecule has 0 unspecified atom stereocenters. The smallest absolute Gasteiger partial charge is 0.340 e. The van der Waals surface area contributed by atoms with Gasteiger partial charge in [-0.05, 0) is 48.9 Å². The van der Waals surface area contributed by atoms with Gasteiger partial charge in [-0.25, -0.2) is 9.59 Å². The highest BCUT2D eigenvalue weighted by molar-refractivity contribution is 6.08. The highest BCUT2D eigenvalue weighted by Gasteiger charge is 2.15. The van der Waals surface area contributed by atoms with E-state index in [-0.39, 0.29) is 18.1 Å². The highest BCUT2D eigenvalue weighted by atomic mass is 16.5. The number of carbonyl (C=O) groups is 3. The van der Waals surface area contributed by atoms with Gasteiger partial charge < -0.3 is 14.8 Å². The van der Waals surface area contributed by atoms with Crippen molar-refractivity contribution in [1.29, 1.82) is 0 Å². The van der Waals surface area contributed by atoms with E-state index >= 15 is 0 Å². The van der Waals surface area contributed by atoms with Gasteiger partial charge in [0.05, 0.1) is 23.4 Å². The molecule has 0 saturated carbocycles. The van der Waals surface area contributed by atoms with E-state index in [0.717, 1.165) is 5.56 Å². The van der Waals surface area contributed by atoms with Gasteiger partial charge in [0, 0.05) is 5.56 Å². The van der Waals surface area contributed by atoms with Gasteiger partial charge in [-0.15, -0.1) is 0 Å². The lowest BCUT2D eigenvalue weighted by Gasteiger charge is -2.11. The molecule has 0 radical (unpaired) electrons. The van der Waals surface area contributed by atoms with Crippen LogP contribution in [0.2, 0.25) is 0 Å². The average molecular weight is 403 g/mol. The number of hydrogen-bond acceptors (Lipinski definition) is 5. The lowest BCUT2D eigenvalue weighted by atomic mass is 10.1. The summed E-state index contributed by atoms with van der Waals surface area (Å²) in [6, 6.07) is 22.0. The molecule has 0 spiro atoms. The van der Waals surface area contributed by atoms with Crippen molar-refractivity contribution in [1.82, 2.24) is 0 Å². The van der Waals surface area contributed by atoms with E-state index in [9.17, 15) is 14.4 Å². The van der Waals surface area contributed by atoms with Crippen molar-refractivity contribution in [3.63, 3.8) is 0 Å². The van der Waals surface area contributed by atoms with Gasteiger partial charge >= 0.3 is 11.9 Å². The summed E-state index contributed by atoms with van der Waals surface area (Å²) >= 11 is 0. The predicted molar refractivity (Wildman–Crippen MR) is 112 cm³/mol. The summed E-state index contributed by atoms with van der Waals surface area (Å²) in [5, 5.41) is 2.75. The van der Waals surface area contributed by atoms with Crippen LogP contribution in [0.25, 0.3) is 0 Å². The number of para-hydroxylation sites is 1. The quantitative estimate of drug-likeness (QED) is 0.589. The third kappa shape index (κ3) is 5.32. The van der Waals surface area contributed by atoms with Crippen LogP contribution in [0.4, 0.5) is 5.69 Å². The lowest BCUT2D eigenvalue weighted by Crippen LogP contribution is -2.15. The fourth-order valence-corrected chi connectivity index (χ4v) is 2.73. The molecule has 0 saturated heterocycles. The molecular weight excluding hydrogens is 382 g/mol. The van der Waals surface area contributed by atoms with Gasteiger partial charge in [-0.2, -0.15) is 0 Å². The van der Waals surface area contributed by atoms with Crippen LogP contribution in [-0.4, -0.2) is 24.5 Å². The first kappa shape index (κ1) is 20.8. The largest absolute Gasteiger partial charge is 0.462 e. The maximum atomic E-state index is 12.6. The molecule has 1 amide bonds. The Kier molecular flexibility index (Phi) is 6.95. The second-order valence-electron chi connectivity index (χ2n) is 6.36. The average Bonchev–Trinajstić information content (AvgIpc) is 2.79. The Bertz CT molecular complexity index is 1030. The molecule has 3 rings (SSSR count). The standard InChI is InChI=1S/C24H21NO5/c1-2-29-23(27)19-14-12-17(13-15-19)16-30-24(28)20-10-6-7-11-21(20)25-22(26)18-8-4-3-5-9-18/h3-15H,2,16H2,1H3,(H,25,26). The first-order valence-corrected chi connectivity index (χ1v) is 9.47. The third-order valence-electron chi connectivity index (χ3n) is 4.27. The Labute approximate surface area is 174 Å². The molecule has 1 N–H and O–H groups in total. The molecule has 0 aliphatic rings. The van der Waals surface area contributed by atoms with Gasteiger partial charge in [0.2, 0.25) is 0 Å². The number of ether oxygens (including phenoxy) is 2. The van der Waals surface area contributed by atoms with E-state index in [1.807, 2.05) is 6.07 Å². The summed E-state index contributed by atoms with van der Waals surface area (Å²) in [5.74, 6) is -1.28. The van der Waals surface area contributed by atoms with Gasteiger partial charge in [-0.1, -0.05) is 42.5 Å². The first-order valence-electron chi connectivity index (χ1n) is 9.47. The molecule has 0 aliphatic heterocycles. The highest BCUT2D eigenvalue weighted by Crippen LogP contribution is 2.18. The summed E-state index contributed by atoms with van der Waals surface area (Å²) in [6.07, 6.45) is 0. The number of esters is 2. The van der Waals surface area contributed by atoms with Gasteiger partial charge in [0.25, 0.3) is 5.91 Å². The van der Waals surface area contributed by atoms with Crippen LogP contribution in [0, 0.1) is 0 Å². The molecule has 30 heavy (non-hydrogen) atoms. The van der Waals surface area contributed by atoms with E-state index in [1.165, 1.54) is 0 Å². The van der Waals surface area contributed by atoms with Crippen LogP contribution >= 0.6 is 0 Å². The molecule has 0 aliphatic carbocycles. The zero-order chi connectivity index (χ0) is 21.3. The topological polar surface area (TPSA) is 81.7 Å². The second-order valence-corrected chi connectivity index (χ2v) is 6.36. The van der Waals surface area contributed by atoms with E-state index in [4.69, 9.17) is 9.47 Å². The van der Waals surface area contributed by atoms with Gasteiger partial charge in [0.15, 0.2) is 0 Å². The van der Waals surface area contributed by atoms with E-state index in [1.54, 1.807) is 79.7 Å². The molecule has 0 bridgehead atoms. The molecule has 6 nitrogen and oxygen atoms in total. The SMILES string of the molecule is CCOC(=O)c1ccc(COC(=O)c2ccccc2NC(=O)c2ccccc2)cc1. The molecule has 0 heterocycles. The molecule has 0 aromatic heterocycles. The summed E-state index contributed by atoms with van der Waals surface area (Å²) in [5.41, 5.74) is 2.27. The third-order valence-corrected chi connectivity index (χ3v) is 4.27. The second kappa shape index (κ2) is 10.0. The molecule has 3 aromatic carbocycles. The summed E-state index contributed by atoms with van der Waals surface area (Å²) in [4.78, 5) is 36.7. The summed E-state index contributed by atoms with van der Waals surface area (Å²) < 4.78 is 10.3. The van der Waals surface area contributed by atoms with Crippen LogP contribution < -0.4 is 5.32 Å². The Balaban J connectivity index is 1.65. The van der Waals surface area contributed by atoms with E-state index in [0.29, 0.717) is 23.4 Å². The van der Waals surface area contributed by atoms with Crippen molar-refractivity contribution in [2.75, 3.05) is 11.9 Å². The zero-order valence-corrected chi connectivity index (χ0v) is 16.5. The predicted octanol–water partition coefficient (Wildman–Crippen LogP) is 4.47. The number of nitrogens with one attached hydrogen (secondary N) is 1. The van der Waals surface area contributed by atoms with Crippen molar-refractivity contribution in [3.05, 3.63) is 101 Å². The number of benzene rings is 3. The van der Waals surface area contributed by atoms with Crippen LogP contribution in [0.3, 0.4) is 0 Å². The summed E-state index contributed by atoms with van der Waals surface area (Å²) in [6.45, 7) is 2.08. The molecule has 152 valence electrons. The van der Waals surface area contributed by atoms with Crippen molar-refractivity contribution in [2.45, 2.75) is 13.5 Å². The van der Waals surface area contributed by atoms with Crippen LogP contribution in [0.15, 0.2) is 78.9 Å². The van der Waals surface area contributed by atoms with Crippen LogP contribution in [-0.2, 0) is 16.1 Å². The maximum Gasteiger partial charge on any atom is 0.340 e. The lowest BCUT2D eigenvalue weighted by molar-refractivity contribution is 0.0470. The number of carbonyl (C=O) groups excluding carboxylic acids is 3. The minimum absolute atomic E-state index is 0.0307. The van der Waals surface area contributed by atoms with Gasteiger partial charge in [0.1, 0.15) is 6.61 Å². The van der Waals surface area contributed by atoms with Crippen molar-refractivity contribution >= 4 is 23.5 Å². The molecule has 3 aromatic rings. The van der Waals surface area contributed by atoms with Gasteiger partial charge in [-0.3, -0.25) is 4.79 Å². The monoisotopic (exact) mass is 403 g/mol. The Morgan fingerprint density at radius 1 is 0.733 bits per heavy atom. The van der Waals surface area contributed by atoms with Crippen molar-refractivity contribution in [3.8, 4) is 0 Å². The van der Waals surface area contributed by atoms with Crippen LogP contribution in [0.5, 0.6) is 0 Å². The zero-order valence-electron chi connectivity index (χ0n) is 16.5. The number of anilines is 1. The Morgan fingerprint density at radius 2 is 1.40 bits per heavy atom. The number of amides is 1. The minimum atomic E-state index is -0.562. The fraction of sp³-hybridized carbons (Fsp3) is 0.125. The molecule has 0 atom stereocenters. The van der Waals surface area contributed by atoms with Crippen LogP contribution in [0.1, 0.15) is 43.6 Å². The van der Waals surface area contributed by atoms with Crippen molar-refractivity contribution in [2.24, 2.45) is 0 Å². The Hall–Kier alpha value is -3.93. The Morgan fingerprint density at radius 3 is 2.10 bits per heavy atom. The van der Waals surface area contributed by atoms with Crippen molar-refractivity contribution < 1.29 is 23.9 Å². The van der Waals surface area contributed by atoms with E-state index in [2.05, 4.69) is 5.32 Å².